The zero-order chi connectivity index (χ0) is 28.5. The van der Waals surface area contributed by atoms with E-state index in [0.29, 0.717) is 46.7 Å². The molecule has 3 heterocycles. The number of anilines is 1. The standard InChI is InChI=1S/C29H25N7O5/c1-40-22-11-3-18(4-12-22)15-34-17-30-24-25-28(35(29(37)31-25)16-19-5-13-23(41-2)14-6-19)33-26(32-27(24)34)20-7-9-21(10-8-20)36(38)39/h3-14,17H,15-16H2,1-2H3,(H,31,37)(H,32,33). The largest absolute Gasteiger partial charge is 0.497 e. The summed E-state index contributed by atoms with van der Waals surface area (Å²) < 4.78 is 14.0. The molecule has 1 aliphatic heterocycles. The molecule has 0 radical (unpaired) electrons. The van der Waals surface area contributed by atoms with Crippen molar-refractivity contribution in [1.82, 2.24) is 19.1 Å². The number of aromatic amines is 1. The van der Waals surface area contributed by atoms with E-state index in [1.54, 1.807) is 37.2 Å². The maximum absolute atomic E-state index is 13.3. The first-order chi connectivity index (χ1) is 19.9. The molecule has 0 saturated carbocycles. The summed E-state index contributed by atoms with van der Waals surface area (Å²) >= 11 is 0. The minimum absolute atomic E-state index is 0.0352. The zero-order valence-corrected chi connectivity index (χ0v) is 22.2. The minimum atomic E-state index is -0.453. The van der Waals surface area contributed by atoms with Gasteiger partial charge >= 0.3 is 5.69 Å². The van der Waals surface area contributed by atoms with Crippen LogP contribution in [0.4, 0.5) is 17.3 Å². The molecule has 1 aliphatic rings. The van der Waals surface area contributed by atoms with E-state index in [4.69, 9.17) is 14.5 Å². The second kappa shape index (κ2) is 10.5. The van der Waals surface area contributed by atoms with Gasteiger partial charge < -0.3 is 24.3 Å². The SMILES string of the molecule is COc1ccc(Cn2cnc3c2N=C(c2ccc([N+](=O)[O-])cc2)Nc2c-3[nH]c(=O)n2Cc2ccc(OC)cc2)cc1. The van der Waals surface area contributed by atoms with Gasteiger partial charge in [-0.1, -0.05) is 24.3 Å². The van der Waals surface area contributed by atoms with Gasteiger partial charge in [0.1, 0.15) is 34.5 Å². The number of rotatable bonds is 8. The summed E-state index contributed by atoms with van der Waals surface area (Å²) in [5, 5.41) is 14.6. The van der Waals surface area contributed by atoms with Gasteiger partial charge in [0, 0.05) is 17.7 Å². The number of amidine groups is 1. The lowest BCUT2D eigenvalue weighted by Gasteiger charge is -2.13. The Bertz CT molecular complexity index is 1820. The number of nitrogens with zero attached hydrogens (tertiary/aromatic N) is 5. The number of fused-ring (bicyclic) bond motifs is 3. The molecule has 206 valence electrons. The van der Waals surface area contributed by atoms with E-state index < -0.39 is 4.92 Å². The predicted octanol–water partition coefficient (Wildman–Crippen LogP) is 4.57. The lowest BCUT2D eigenvalue weighted by molar-refractivity contribution is -0.384. The first-order valence-electron chi connectivity index (χ1n) is 12.7. The fourth-order valence-electron chi connectivity index (χ4n) is 4.67. The van der Waals surface area contributed by atoms with Gasteiger partial charge in [0.25, 0.3) is 5.69 Å². The molecule has 6 rings (SSSR count). The fraction of sp³-hybridized carbons (Fsp3) is 0.138. The molecule has 0 unspecified atom stereocenters. The van der Waals surface area contributed by atoms with Crippen molar-refractivity contribution >= 4 is 23.2 Å². The summed E-state index contributed by atoms with van der Waals surface area (Å²) in [6.45, 7) is 0.743. The maximum Gasteiger partial charge on any atom is 0.327 e. The Morgan fingerprint density at radius 1 is 0.878 bits per heavy atom. The van der Waals surface area contributed by atoms with Crippen LogP contribution in [0.1, 0.15) is 16.7 Å². The molecule has 12 nitrogen and oxygen atoms in total. The van der Waals surface area contributed by atoms with Gasteiger partial charge in [0.05, 0.1) is 38.6 Å². The number of hydrogen-bond donors (Lipinski definition) is 2. The average molecular weight is 552 g/mol. The van der Waals surface area contributed by atoms with E-state index in [1.807, 2.05) is 53.1 Å². The molecule has 0 saturated heterocycles. The summed E-state index contributed by atoms with van der Waals surface area (Å²) in [7, 11) is 3.21. The third-order valence-electron chi connectivity index (χ3n) is 6.85. The molecule has 3 aromatic carbocycles. The Hall–Kier alpha value is -5.65. The Morgan fingerprint density at radius 2 is 1.49 bits per heavy atom. The summed E-state index contributed by atoms with van der Waals surface area (Å²) in [5.74, 6) is 2.89. The molecule has 12 heteroatoms. The monoisotopic (exact) mass is 551 g/mol. The molecule has 2 N–H and O–H groups in total. The normalized spacial score (nSPS) is 12.0. The van der Waals surface area contributed by atoms with Crippen LogP contribution in [0.5, 0.6) is 11.5 Å². The van der Waals surface area contributed by atoms with Crippen molar-refractivity contribution < 1.29 is 14.4 Å². The minimum Gasteiger partial charge on any atom is -0.497 e. The van der Waals surface area contributed by atoms with Gasteiger partial charge in [0.2, 0.25) is 0 Å². The van der Waals surface area contributed by atoms with Gasteiger partial charge in [-0.15, -0.1) is 0 Å². The molecule has 0 fully saturated rings. The predicted molar refractivity (Wildman–Crippen MR) is 153 cm³/mol. The number of imidazole rings is 2. The first-order valence-corrected chi connectivity index (χ1v) is 12.7. The zero-order valence-electron chi connectivity index (χ0n) is 22.2. The van der Waals surface area contributed by atoms with E-state index in [1.165, 1.54) is 12.1 Å². The molecule has 41 heavy (non-hydrogen) atoms. The van der Waals surface area contributed by atoms with Gasteiger partial charge in [-0.05, 0) is 47.5 Å². The number of aliphatic imine (C=N–C) groups is 1. The lowest BCUT2D eigenvalue weighted by Crippen LogP contribution is -2.22. The smallest absolute Gasteiger partial charge is 0.327 e. The number of H-pyrrole nitrogens is 1. The van der Waals surface area contributed by atoms with Crippen molar-refractivity contribution in [2.75, 3.05) is 19.5 Å². The van der Waals surface area contributed by atoms with Crippen LogP contribution in [0.3, 0.4) is 0 Å². The molecular formula is C29H25N7O5. The second-order valence-electron chi connectivity index (χ2n) is 9.37. The van der Waals surface area contributed by atoms with Gasteiger partial charge in [-0.3, -0.25) is 14.7 Å². The van der Waals surface area contributed by atoms with E-state index in [2.05, 4.69) is 15.3 Å². The molecule has 0 spiro atoms. The molecule has 0 amide bonds. The van der Waals surface area contributed by atoms with Crippen LogP contribution in [0.25, 0.3) is 11.4 Å². The number of benzene rings is 3. The highest BCUT2D eigenvalue weighted by Gasteiger charge is 2.27. The topological polar surface area (TPSA) is 142 Å². The summed E-state index contributed by atoms with van der Waals surface area (Å²) in [6.07, 6.45) is 1.68. The highest BCUT2D eigenvalue weighted by Crippen LogP contribution is 2.36. The summed E-state index contributed by atoms with van der Waals surface area (Å²) in [5.41, 5.74) is 3.14. The van der Waals surface area contributed by atoms with E-state index >= 15 is 0 Å². The van der Waals surface area contributed by atoms with Crippen LogP contribution in [0.15, 0.2) is 88.9 Å². The molecule has 0 bridgehead atoms. The lowest BCUT2D eigenvalue weighted by atomic mass is 10.2. The van der Waals surface area contributed by atoms with Crippen LogP contribution < -0.4 is 20.5 Å². The molecule has 2 aromatic heterocycles. The fourth-order valence-corrected chi connectivity index (χ4v) is 4.67. The molecular weight excluding hydrogens is 526 g/mol. The van der Waals surface area contributed by atoms with E-state index in [-0.39, 0.29) is 17.9 Å². The highest BCUT2D eigenvalue weighted by molar-refractivity contribution is 6.12. The van der Waals surface area contributed by atoms with Crippen LogP contribution in [0.2, 0.25) is 0 Å². The number of aromatic nitrogens is 4. The van der Waals surface area contributed by atoms with Crippen molar-refractivity contribution in [3.63, 3.8) is 0 Å². The van der Waals surface area contributed by atoms with E-state index in [9.17, 15) is 14.9 Å². The average Bonchev–Trinajstić information content (AvgIpc) is 3.47. The van der Waals surface area contributed by atoms with Crippen molar-refractivity contribution in [2.24, 2.45) is 4.99 Å². The molecule has 0 aliphatic carbocycles. The summed E-state index contributed by atoms with van der Waals surface area (Å²) in [6, 6.07) is 21.2. The Balaban J connectivity index is 1.46. The van der Waals surface area contributed by atoms with Crippen molar-refractivity contribution in [2.45, 2.75) is 13.1 Å². The van der Waals surface area contributed by atoms with E-state index in [0.717, 1.165) is 16.9 Å². The molecule has 0 atom stereocenters. The van der Waals surface area contributed by atoms with Gasteiger partial charge in [-0.25, -0.2) is 14.8 Å². The number of methoxy groups -OCH3 is 2. The second-order valence-corrected chi connectivity index (χ2v) is 9.37. The third-order valence-corrected chi connectivity index (χ3v) is 6.85. The number of non-ortho nitro benzene ring substituents is 1. The highest BCUT2D eigenvalue weighted by atomic mass is 16.6. The number of ether oxygens (including phenoxy) is 2. The Labute approximate surface area is 233 Å². The van der Waals surface area contributed by atoms with Crippen molar-refractivity contribution in [1.29, 1.82) is 0 Å². The van der Waals surface area contributed by atoms with Gasteiger partial charge in [-0.2, -0.15) is 0 Å². The first kappa shape index (κ1) is 25.6. The number of nitro benzene ring substituents is 1. The van der Waals surface area contributed by atoms with Crippen LogP contribution in [-0.2, 0) is 13.1 Å². The number of hydrogen-bond acceptors (Lipinski definition) is 8. The third kappa shape index (κ3) is 4.93. The number of nitrogens with one attached hydrogen (secondary N) is 2. The van der Waals surface area contributed by atoms with Gasteiger partial charge in [0.15, 0.2) is 5.82 Å². The van der Waals surface area contributed by atoms with Crippen molar-refractivity contribution in [3.8, 4) is 22.9 Å². The Kier molecular flexibility index (Phi) is 6.55. The summed E-state index contributed by atoms with van der Waals surface area (Å²) in [4.78, 5) is 36.6. The van der Waals surface area contributed by atoms with Crippen LogP contribution in [-0.4, -0.2) is 44.1 Å². The van der Waals surface area contributed by atoms with Crippen molar-refractivity contribution in [3.05, 3.63) is 116 Å². The number of nitro groups is 1. The molecule has 5 aromatic rings. The van der Waals surface area contributed by atoms with Crippen LogP contribution >= 0.6 is 0 Å². The Morgan fingerprint density at radius 3 is 2.07 bits per heavy atom. The quantitative estimate of drug-likeness (QED) is 0.213. The maximum atomic E-state index is 13.3. The van der Waals surface area contributed by atoms with Crippen LogP contribution in [0, 0.1) is 10.1 Å².